The minimum Gasteiger partial charge on any atom is -0.497 e. The maximum absolute atomic E-state index is 13.7. The van der Waals surface area contributed by atoms with Crippen LogP contribution >= 0.6 is 11.6 Å². The molecule has 2 aromatic carbocycles. The molecule has 1 unspecified atom stereocenters. The van der Waals surface area contributed by atoms with Crippen LogP contribution in [0.5, 0.6) is 5.75 Å². The molecule has 0 radical (unpaired) electrons. The molecule has 0 amide bonds. The highest BCUT2D eigenvalue weighted by atomic mass is 35.5. The topological polar surface area (TPSA) is 12.2 Å². The molecule has 1 saturated heterocycles. The standard InChI is InChI=1S/C16H14ClF2NO/c1-21-14-8-2-11(3-9-14)16(15(18)19)10-20(16)13-6-4-12(17)5-7-13/h2-9,15H,10H2,1H3. The molecule has 1 heterocycles. The molecule has 0 N–H and O–H groups in total. The minimum absolute atomic E-state index is 0.290. The van der Waals surface area contributed by atoms with Crippen molar-refractivity contribution >= 4 is 17.3 Å². The third kappa shape index (κ3) is 2.33. The van der Waals surface area contributed by atoms with Gasteiger partial charge >= 0.3 is 0 Å². The zero-order valence-corrected chi connectivity index (χ0v) is 12.1. The first-order valence-corrected chi connectivity index (χ1v) is 6.91. The van der Waals surface area contributed by atoms with Crippen molar-refractivity contribution in [3.05, 3.63) is 59.1 Å². The van der Waals surface area contributed by atoms with E-state index in [2.05, 4.69) is 0 Å². The highest BCUT2D eigenvalue weighted by Crippen LogP contribution is 2.50. The fourth-order valence-electron chi connectivity index (χ4n) is 2.59. The molecule has 0 bridgehead atoms. The largest absolute Gasteiger partial charge is 0.497 e. The zero-order valence-electron chi connectivity index (χ0n) is 11.4. The van der Waals surface area contributed by atoms with Gasteiger partial charge in [0.25, 0.3) is 6.43 Å². The molecular weight excluding hydrogens is 296 g/mol. The van der Waals surface area contributed by atoms with E-state index in [0.29, 0.717) is 22.9 Å². The average Bonchev–Trinajstić information content (AvgIpc) is 3.25. The summed E-state index contributed by atoms with van der Waals surface area (Å²) in [5, 5.41) is 0.590. The number of benzene rings is 2. The fourth-order valence-corrected chi connectivity index (χ4v) is 2.71. The van der Waals surface area contributed by atoms with E-state index in [-0.39, 0.29) is 0 Å². The van der Waals surface area contributed by atoms with Gasteiger partial charge in [-0.1, -0.05) is 23.7 Å². The summed E-state index contributed by atoms with van der Waals surface area (Å²) in [5.41, 5.74) is 0.0869. The second-order valence-electron chi connectivity index (χ2n) is 5.02. The molecule has 0 spiro atoms. The van der Waals surface area contributed by atoms with Crippen LogP contribution in [0.3, 0.4) is 0 Å². The first-order chi connectivity index (χ1) is 10.1. The summed E-state index contributed by atoms with van der Waals surface area (Å²) in [7, 11) is 1.55. The van der Waals surface area contributed by atoms with E-state index in [1.807, 2.05) is 0 Å². The first kappa shape index (κ1) is 14.1. The van der Waals surface area contributed by atoms with Gasteiger partial charge in [0.15, 0.2) is 0 Å². The molecule has 0 aromatic heterocycles. The van der Waals surface area contributed by atoms with Crippen molar-refractivity contribution in [3.63, 3.8) is 0 Å². The quantitative estimate of drug-likeness (QED) is 0.779. The molecule has 0 aliphatic carbocycles. The van der Waals surface area contributed by atoms with Crippen molar-refractivity contribution < 1.29 is 13.5 Å². The molecular formula is C16H14ClF2NO. The molecule has 5 heteroatoms. The summed E-state index contributed by atoms with van der Waals surface area (Å²) in [5.74, 6) is 0.654. The first-order valence-electron chi connectivity index (χ1n) is 6.54. The van der Waals surface area contributed by atoms with Crippen molar-refractivity contribution in [1.29, 1.82) is 0 Å². The van der Waals surface area contributed by atoms with Gasteiger partial charge < -0.3 is 9.64 Å². The molecule has 2 aromatic rings. The van der Waals surface area contributed by atoms with Gasteiger partial charge in [0.2, 0.25) is 0 Å². The van der Waals surface area contributed by atoms with Crippen molar-refractivity contribution in [2.24, 2.45) is 0 Å². The van der Waals surface area contributed by atoms with Crippen LogP contribution < -0.4 is 9.64 Å². The summed E-state index contributed by atoms with van der Waals surface area (Å²) in [6, 6.07) is 13.7. The van der Waals surface area contributed by atoms with E-state index in [0.717, 1.165) is 5.69 Å². The number of anilines is 1. The summed E-state index contributed by atoms with van der Waals surface area (Å²) in [6.07, 6.45) is -2.47. The fraction of sp³-hybridized carbons (Fsp3) is 0.250. The van der Waals surface area contributed by atoms with Gasteiger partial charge in [0, 0.05) is 10.7 Å². The zero-order chi connectivity index (χ0) is 15.0. The number of nitrogens with zero attached hydrogens (tertiary/aromatic N) is 1. The van der Waals surface area contributed by atoms with E-state index in [1.54, 1.807) is 60.5 Å². The van der Waals surface area contributed by atoms with E-state index in [9.17, 15) is 8.78 Å². The number of ether oxygens (including phenoxy) is 1. The summed E-state index contributed by atoms with van der Waals surface area (Å²) in [4.78, 5) is 1.69. The van der Waals surface area contributed by atoms with E-state index < -0.39 is 12.0 Å². The Morgan fingerprint density at radius 1 is 1.10 bits per heavy atom. The second kappa shape index (κ2) is 5.19. The Kier molecular flexibility index (Phi) is 3.49. The molecule has 3 rings (SSSR count). The highest BCUT2D eigenvalue weighted by Gasteiger charge is 2.60. The van der Waals surface area contributed by atoms with Crippen LogP contribution in [0.4, 0.5) is 14.5 Å². The number of hydrogen-bond acceptors (Lipinski definition) is 2. The summed E-state index contributed by atoms with van der Waals surface area (Å²) < 4.78 is 32.4. The monoisotopic (exact) mass is 309 g/mol. The predicted octanol–water partition coefficient (Wildman–Crippen LogP) is 4.33. The lowest BCUT2D eigenvalue weighted by Gasteiger charge is -2.18. The Morgan fingerprint density at radius 3 is 2.24 bits per heavy atom. The Bertz CT molecular complexity index is 630. The van der Waals surface area contributed by atoms with Gasteiger partial charge in [-0.2, -0.15) is 0 Å². The van der Waals surface area contributed by atoms with Crippen molar-refractivity contribution in [1.82, 2.24) is 0 Å². The van der Waals surface area contributed by atoms with Gasteiger partial charge in [-0.3, -0.25) is 0 Å². The van der Waals surface area contributed by atoms with Crippen LogP contribution in [0.15, 0.2) is 48.5 Å². The smallest absolute Gasteiger partial charge is 0.267 e. The van der Waals surface area contributed by atoms with Crippen molar-refractivity contribution in [3.8, 4) is 5.75 Å². The van der Waals surface area contributed by atoms with E-state index >= 15 is 0 Å². The van der Waals surface area contributed by atoms with Crippen molar-refractivity contribution in [2.45, 2.75) is 12.0 Å². The van der Waals surface area contributed by atoms with Crippen LogP contribution in [0.25, 0.3) is 0 Å². The lowest BCUT2D eigenvalue weighted by atomic mass is 9.99. The number of hydrogen-bond donors (Lipinski definition) is 0. The molecule has 0 saturated carbocycles. The third-order valence-corrected chi connectivity index (χ3v) is 4.12. The normalized spacial score (nSPS) is 20.7. The number of halogens is 3. The van der Waals surface area contributed by atoms with Gasteiger partial charge in [-0.05, 0) is 42.0 Å². The maximum Gasteiger partial charge on any atom is 0.267 e. The molecule has 110 valence electrons. The highest BCUT2D eigenvalue weighted by molar-refractivity contribution is 6.30. The predicted molar refractivity (Wildman–Crippen MR) is 79.5 cm³/mol. The van der Waals surface area contributed by atoms with Gasteiger partial charge in [0.1, 0.15) is 11.3 Å². The SMILES string of the molecule is COc1ccc(C2(C(F)F)CN2c2ccc(Cl)cc2)cc1. The Morgan fingerprint density at radius 2 is 1.71 bits per heavy atom. The maximum atomic E-state index is 13.7. The number of alkyl halides is 2. The lowest BCUT2D eigenvalue weighted by molar-refractivity contribution is 0.104. The Hall–Kier alpha value is -1.81. The van der Waals surface area contributed by atoms with Gasteiger partial charge in [-0.15, -0.1) is 0 Å². The lowest BCUT2D eigenvalue weighted by Crippen LogP contribution is -2.25. The Labute approximate surface area is 126 Å². The molecule has 1 aliphatic rings. The molecule has 1 fully saturated rings. The van der Waals surface area contributed by atoms with Crippen LogP contribution in [0.2, 0.25) is 5.02 Å². The van der Waals surface area contributed by atoms with Crippen LogP contribution in [0, 0.1) is 0 Å². The summed E-state index contributed by atoms with van der Waals surface area (Å²) >= 11 is 5.84. The number of methoxy groups -OCH3 is 1. The average molecular weight is 310 g/mol. The molecule has 2 nitrogen and oxygen atoms in total. The van der Waals surface area contributed by atoms with Crippen LogP contribution in [-0.2, 0) is 5.54 Å². The van der Waals surface area contributed by atoms with Crippen LogP contribution in [-0.4, -0.2) is 20.1 Å². The van der Waals surface area contributed by atoms with E-state index in [4.69, 9.17) is 16.3 Å². The van der Waals surface area contributed by atoms with Gasteiger partial charge in [0.05, 0.1) is 13.7 Å². The molecule has 1 atom stereocenters. The Balaban J connectivity index is 1.93. The van der Waals surface area contributed by atoms with Crippen molar-refractivity contribution in [2.75, 3.05) is 18.6 Å². The number of rotatable bonds is 4. The summed E-state index contributed by atoms with van der Waals surface area (Å²) in [6.45, 7) is 0.290. The second-order valence-corrected chi connectivity index (χ2v) is 5.45. The van der Waals surface area contributed by atoms with E-state index in [1.165, 1.54) is 0 Å². The van der Waals surface area contributed by atoms with Crippen LogP contribution in [0.1, 0.15) is 5.56 Å². The minimum atomic E-state index is -2.47. The molecule has 1 aliphatic heterocycles. The van der Waals surface area contributed by atoms with Gasteiger partial charge in [-0.25, -0.2) is 8.78 Å². The third-order valence-electron chi connectivity index (χ3n) is 3.87. The molecule has 21 heavy (non-hydrogen) atoms.